The number of rotatable bonds is 6. The van der Waals surface area contributed by atoms with Crippen LogP contribution in [0.5, 0.6) is 0 Å². The van der Waals surface area contributed by atoms with Crippen LogP contribution in [0.1, 0.15) is 11.7 Å². The Morgan fingerprint density at radius 3 is 2.73 bits per heavy atom. The van der Waals surface area contributed by atoms with Gasteiger partial charge in [0.2, 0.25) is 5.91 Å². The molecule has 1 atom stereocenters. The maximum Gasteiger partial charge on any atom is 0.347 e. The van der Waals surface area contributed by atoms with Crippen molar-refractivity contribution in [3.63, 3.8) is 0 Å². The number of methoxy groups -OCH3 is 1. The second-order valence-corrected chi connectivity index (χ2v) is 4.76. The SMILES string of the molecule is COC[C@H](c1ccccn1)N(C)C(=O)Cn1cccnc1=O. The van der Waals surface area contributed by atoms with Crippen LogP contribution in [-0.4, -0.2) is 46.1 Å². The first kappa shape index (κ1) is 15.8. The molecule has 0 spiro atoms. The van der Waals surface area contributed by atoms with E-state index >= 15 is 0 Å². The van der Waals surface area contributed by atoms with Crippen LogP contribution in [-0.2, 0) is 16.1 Å². The van der Waals surface area contributed by atoms with Gasteiger partial charge in [0.05, 0.1) is 18.3 Å². The maximum atomic E-state index is 12.4. The molecule has 0 bridgehead atoms. The Morgan fingerprint density at radius 2 is 2.09 bits per heavy atom. The molecule has 2 heterocycles. The summed E-state index contributed by atoms with van der Waals surface area (Å²) in [6.07, 6.45) is 4.60. The lowest BCUT2D eigenvalue weighted by Gasteiger charge is -2.27. The molecular weight excluding hydrogens is 284 g/mol. The average molecular weight is 302 g/mol. The number of pyridine rings is 1. The quantitative estimate of drug-likeness (QED) is 0.776. The molecule has 1 amide bonds. The Labute approximate surface area is 128 Å². The smallest absolute Gasteiger partial charge is 0.347 e. The summed E-state index contributed by atoms with van der Waals surface area (Å²) >= 11 is 0. The van der Waals surface area contributed by atoms with Crippen LogP contribution in [0.2, 0.25) is 0 Å². The normalized spacial score (nSPS) is 11.9. The first-order chi connectivity index (χ1) is 10.6. The van der Waals surface area contributed by atoms with E-state index in [2.05, 4.69) is 9.97 Å². The Hall–Kier alpha value is -2.54. The molecule has 0 saturated carbocycles. The Morgan fingerprint density at radius 1 is 1.32 bits per heavy atom. The van der Waals surface area contributed by atoms with Gasteiger partial charge < -0.3 is 9.64 Å². The Bertz CT molecular complexity index is 672. The van der Waals surface area contributed by atoms with Crippen molar-refractivity contribution in [2.45, 2.75) is 12.6 Å². The zero-order valence-corrected chi connectivity index (χ0v) is 12.5. The van der Waals surface area contributed by atoms with E-state index in [1.54, 1.807) is 26.4 Å². The first-order valence-corrected chi connectivity index (χ1v) is 6.80. The van der Waals surface area contributed by atoms with Gasteiger partial charge in [-0.3, -0.25) is 14.3 Å². The van der Waals surface area contributed by atoms with Crippen molar-refractivity contribution in [3.8, 4) is 0 Å². The van der Waals surface area contributed by atoms with E-state index in [1.807, 2.05) is 18.2 Å². The number of carbonyl (C=O) groups is 1. The van der Waals surface area contributed by atoms with E-state index in [1.165, 1.54) is 21.9 Å². The van der Waals surface area contributed by atoms with Gasteiger partial charge in [0.25, 0.3) is 0 Å². The van der Waals surface area contributed by atoms with Crippen molar-refractivity contribution in [2.75, 3.05) is 20.8 Å². The summed E-state index contributed by atoms with van der Waals surface area (Å²) in [5, 5.41) is 0. The molecule has 116 valence electrons. The topological polar surface area (TPSA) is 77.3 Å². The number of nitrogens with zero attached hydrogens (tertiary/aromatic N) is 4. The molecule has 0 radical (unpaired) electrons. The number of amides is 1. The van der Waals surface area contributed by atoms with Gasteiger partial charge in [0.1, 0.15) is 6.54 Å². The molecule has 2 aromatic heterocycles. The van der Waals surface area contributed by atoms with E-state index in [4.69, 9.17) is 4.74 Å². The number of likely N-dealkylation sites (N-methyl/N-ethyl adjacent to an activating group) is 1. The zero-order valence-electron chi connectivity index (χ0n) is 12.5. The molecule has 0 saturated heterocycles. The van der Waals surface area contributed by atoms with Gasteiger partial charge in [-0.1, -0.05) is 6.07 Å². The molecule has 0 fully saturated rings. The van der Waals surface area contributed by atoms with Gasteiger partial charge in [-0.15, -0.1) is 0 Å². The average Bonchev–Trinajstić information content (AvgIpc) is 2.55. The number of hydrogen-bond acceptors (Lipinski definition) is 5. The lowest BCUT2D eigenvalue weighted by atomic mass is 10.1. The largest absolute Gasteiger partial charge is 0.382 e. The second-order valence-electron chi connectivity index (χ2n) is 4.76. The number of hydrogen-bond donors (Lipinski definition) is 0. The fourth-order valence-corrected chi connectivity index (χ4v) is 2.07. The predicted octanol–water partition coefficient (Wildman–Crippen LogP) is 0.484. The van der Waals surface area contributed by atoms with Crippen LogP contribution in [0.15, 0.2) is 47.7 Å². The third-order valence-electron chi connectivity index (χ3n) is 3.30. The summed E-state index contributed by atoms with van der Waals surface area (Å²) in [7, 11) is 3.24. The fourth-order valence-electron chi connectivity index (χ4n) is 2.07. The minimum atomic E-state index is -0.453. The number of aromatic nitrogens is 3. The van der Waals surface area contributed by atoms with Gasteiger partial charge in [-0.05, 0) is 18.2 Å². The minimum absolute atomic E-state index is 0.0732. The van der Waals surface area contributed by atoms with Gasteiger partial charge in [0.15, 0.2) is 0 Å². The van der Waals surface area contributed by atoms with E-state index in [-0.39, 0.29) is 18.5 Å². The van der Waals surface area contributed by atoms with Gasteiger partial charge >= 0.3 is 5.69 Å². The van der Waals surface area contributed by atoms with Gasteiger partial charge in [0, 0.05) is 32.7 Å². The van der Waals surface area contributed by atoms with Gasteiger partial charge in [-0.25, -0.2) is 9.78 Å². The highest BCUT2D eigenvalue weighted by atomic mass is 16.5. The highest BCUT2D eigenvalue weighted by molar-refractivity contribution is 5.76. The molecule has 7 heteroatoms. The summed E-state index contributed by atoms with van der Waals surface area (Å²) in [5.74, 6) is -0.220. The first-order valence-electron chi connectivity index (χ1n) is 6.80. The van der Waals surface area contributed by atoms with Crippen molar-refractivity contribution >= 4 is 5.91 Å². The number of ether oxygens (including phenoxy) is 1. The third-order valence-corrected chi connectivity index (χ3v) is 3.30. The van der Waals surface area contributed by atoms with E-state index < -0.39 is 5.69 Å². The fraction of sp³-hybridized carbons (Fsp3) is 0.333. The Kier molecular flexibility index (Phi) is 5.37. The molecule has 0 N–H and O–H groups in total. The maximum absolute atomic E-state index is 12.4. The second kappa shape index (κ2) is 7.46. The lowest BCUT2D eigenvalue weighted by Crippen LogP contribution is -2.38. The third kappa shape index (κ3) is 3.76. The van der Waals surface area contributed by atoms with Crippen molar-refractivity contribution < 1.29 is 9.53 Å². The molecule has 2 aromatic rings. The zero-order chi connectivity index (χ0) is 15.9. The van der Waals surface area contributed by atoms with Crippen LogP contribution >= 0.6 is 0 Å². The molecule has 0 aliphatic heterocycles. The summed E-state index contributed by atoms with van der Waals surface area (Å²) < 4.78 is 6.45. The van der Waals surface area contributed by atoms with E-state index in [0.717, 1.165) is 5.69 Å². The molecule has 2 rings (SSSR count). The molecule has 0 aromatic carbocycles. The van der Waals surface area contributed by atoms with Crippen molar-refractivity contribution in [3.05, 3.63) is 59.0 Å². The molecule has 22 heavy (non-hydrogen) atoms. The van der Waals surface area contributed by atoms with Crippen LogP contribution < -0.4 is 5.69 Å². The van der Waals surface area contributed by atoms with Crippen LogP contribution in [0.4, 0.5) is 0 Å². The van der Waals surface area contributed by atoms with Crippen molar-refractivity contribution in [1.82, 2.24) is 19.4 Å². The van der Waals surface area contributed by atoms with Crippen molar-refractivity contribution in [2.24, 2.45) is 0 Å². The molecule has 7 nitrogen and oxygen atoms in total. The van der Waals surface area contributed by atoms with Gasteiger partial charge in [-0.2, -0.15) is 0 Å². The van der Waals surface area contributed by atoms with Crippen LogP contribution in [0, 0.1) is 0 Å². The standard InChI is InChI=1S/C15H18N4O3/c1-18(13(11-22-2)12-6-3-4-7-16-12)14(20)10-19-9-5-8-17-15(19)21/h3-9,13H,10-11H2,1-2H3/t13-/m1/s1. The molecule has 0 unspecified atom stereocenters. The highest BCUT2D eigenvalue weighted by Crippen LogP contribution is 2.17. The molecular formula is C15H18N4O3. The summed E-state index contributed by atoms with van der Waals surface area (Å²) in [4.78, 5) is 33.4. The highest BCUT2D eigenvalue weighted by Gasteiger charge is 2.23. The predicted molar refractivity (Wildman–Crippen MR) is 80.1 cm³/mol. The van der Waals surface area contributed by atoms with E-state index in [9.17, 15) is 9.59 Å². The molecule has 0 aliphatic rings. The Balaban J connectivity index is 2.16. The van der Waals surface area contributed by atoms with E-state index in [0.29, 0.717) is 6.61 Å². The monoisotopic (exact) mass is 302 g/mol. The summed E-state index contributed by atoms with van der Waals surface area (Å²) in [5.41, 5.74) is 0.282. The summed E-state index contributed by atoms with van der Waals surface area (Å²) in [6.45, 7) is 0.247. The van der Waals surface area contributed by atoms with Crippen molar-refractivity contribution in [1.29, 1.82) is 0 Å². The van der Waals surface area contributed by atoms with Crippen LogP contribution in [0.3, 0.4) is 0 Å². The summed E-state index contributed by atoms with van der Waals surface area (Å²) in [6, 6.07) is 6.80. The minimum Gasteiger partial charge on any atom is -0.382 e. The number of carbonyl (C=O) groups excluding carboxylic acids is 1. The molecule has 0 aliphatic carbocycles. The van der Waals surface area contributed by atoms with Crippen LogP contribution in [0.25, 0.3) is 0 Å². The lowest BCUT2D eigenvalue weighted by molar-refractivity contribution is -0.134.